The predicted molar refractivity (Wildman–Crippen MR) is 43.1 cm³/mol. The third-order valence-corrected chi connectivity index (χ3v) is 3.37. The van der Waals surface area contributed by atoms with E-state index in [1.165, 1.54) is 60.1 Å². The zero-order valence-electron chi connectivity index (χ0n) is 6.16. The van der Waals surface area contributed by atoms with Gasteiger partial charge in [0.2, 0.25) is 0 Å². The quantitative estimate of drug-likeness (QED) is 0.454. The van der Waals surface area contributed by atoms with Gasteiger partial charge in [-0.2, -0.15) is 0 Å². The zero-order valence-corrected chi connectivity index (χ0v) is 7.16. The van der Waals surface area contributed by atoms with Crippen molar-refractivity contribution < 1.29 is 0 Å². The summed E-state index contributed by atoms with van der Waals surface area (Å²) in [6, 6.07) is 3.06. The van der Waals surface area contributed by atoms with Gasteiger partial charge in [0.25, 0.3) is 0 Å². The second kappa shape index (κ2) is 5.04. The van der Waals surface area contributed by atoms with E-state index in [0.29, 0.717) is 0 Å². The number of hydrogen-bond acceptors (Lipinski definition) is 0. The molecule has 0 aromatic heterocycles. The Morgan fingerprint density at radius 1 is 0.556 bits per heavy atom. The van der Waals surface area contributed by atoms with Gasteiger partial charge in [0.15, 0.2) is 0 Å². The lowest BCUT2D eigenvalue weighted by molar-refractivity contribution is 0.633. The van der Waals surface area contributed by atoms with Crippen LogP contribution in [-0.4, -0.2) is 9.52 Å². The first-order valence-electron chi connectivity index (χ1n) is 4.21. The fourth-order valence-corrected chi connectivity index (χ4v) is 2.58. The molecule has 52 valence electrons. The van der Waals surface area contributed by atoms with Crippen molar-refractivity contribution in [3.05, 3.63) is 0 Å². The minimum Gasteiger partial charge on any atom is -0.0612 e. The molecular formula is C8H16Si. The summed E-state index contributed by atoms with van der Waals surface area (Å²) in [6.07, 6.45) is 9.05. The molecule has 1 aliphatic rings. The maximum atomic E-state index is 1.53. The molecule has 1 rings (SSSR count). The summed E-state index contributed by atoms with van der Waals surface area (Å²) in [5, 5.41) is 0. The Morgan fingerprint density at radius 3 is 1.56 bits per heavy atom. The monoisotopic (exact) mass is 140 g/mol. The largest absolute Gasteiger partial charge is 0.0612 e. The lowest BCUT2D eigenvalue weighted by atomic mass is 10.1. The molecule has 1 saturated heterocycles. The van der Waals surface area contributed by atoms with Crippen LogP contribution in [0.2, 0.25) is 12.1 Å². The summed E-state index contributed by atoms with van der Waals surface area (Å²) in [7, 11) is 1.29. The van der Waals surface area contributed by atoms with Crippen LogP contribution in [0.5, 0.6) is 0 Å². The van der Waals surface area contributed by atoms with Crippen LogP contribution in [-0.2, 0) is 0 Å². The van der Waals surface area contributed by atoms with E-state index < -0.39 is 0 Å². The number of hydrogen-bond donors (Lipinski definition) is 0. The molecule has 1 fully saturated rings. The van der Waals surface area contributed by atoms with Gasteiger partial charge in [-0.25, -0.2) is 0 Å². The predicted octanol–water partition coefficient (Wildman–Crippen LogP) is 2.88. The van der Waals surface area contributed by atoms with E-state index in [0.717, 1.165) is 0 Å². The first-order chi connectivity index (χ1) is 4.50. The van der Waals surface area contributed by atoms with Crippen LogP contribution in [0.15, 0.2) is 0 Å². The molecule has 1 heterocycles. The van der Waals surface area contributed by atoms with Gasteiger partial charge in [-0.1, -0.05) is 50.6 Å². The zero-order chi connectivity index (χ0) is 6.36. The van der Waals surface area contributed by atoms with Crippen molar-refractivity contribution in [1.82, 2.24) is 0 Å². The van der Waals surface area contributed by atoms with Gasteiger partial charge in [-0.3, -0.25) is 0 Å². The molecule has 1 aliphatic heterocycles. The smallest absolute Gasteiger partial charge is 0.0378 e. The lowest BCUT2D eigenvalue weighted by Gasteiger charge is -1.93. The van der Waals surface area contributed by atoms with E-state index in [4.69, 9.17) is 0 Å². The highest BCUT2D eigenvalue weighted by atomic mass is 28.2. The minimum absolute atomic E-state index is 1.29. The molecule has 0 N–H and O–H groups in total. The summed E-state index contributed by atoms with van der Waals surface area (Å²) in [5.41, 5.74) is 0. The maximum absolute atomic E-state index is 1.53. The van der Waals surface area contributed by atoms with E-state index >= 15 is 0 Å². The summed E-state index contributed by atoms with van der Waals surface area (Å²) in [5.74, 6) is 0. The Kier molecular flexibility index (Phi) is 4.10. The van der Waals surface area contributed by atoms with Gasteiger partial charge in [-0.05, 0) is 0 Å². The standard InChI is InChI=1S/C8H16Si/c1-2-4-6-8-9-7-5-3-1/h1-8H2. The molecule has 0 amide bonds. The Morgan fingerprint density at radius 2 is 1.00 bits per heavy atom. The first kappa shape index (κ1) is 7.33. The summed E-state index contributed by atoms with van der Waals surface area (Å²) < 4.78 is 0. The second-order valence-electron chi connectivity index (χ2n) is 2.87. The molecule has 0 saturated carbocycles. The second-order valence-corrected chi connectivity index (χ2v) is 4.37. The molecule has 0 bridgehead atoms. The van der Waals surface area contributed by atoms with Crippen LogP contribution in [0.25, 0.3) is 0 Å². The number of rotatable bonds is 0. The van der Waals surface area contributed by atoms with E-state index in [-0.39, 0.29) is 0 Å². The fourth-order valence-electron chi connectivity index (χ4n) is 1.33. The Bertz CT molecular complexity index is 33.1. The first-order valence-corrected chi connectivity index (χ1v) is 5.62. The molecular weight excluding hydrogens is 124 g/mol. The minimum atomic E-state index is 1.29. The average Bonchev–Trinajstić information content (AvgIpc) is 2.00. The van der Waals surface area contributed by atoms with Crippen LogP contribution >= 0.6 is 0 Å². The molecule has 0 unspecified atom stereocenters. The Balaban J connectivity index is 2.02. The van der Waals surface area contributed by atoms with Gasteiger partial charge in [-0.15, -0.1) is 0 Å². The van der Waals surface area contributed by atoms with Crippen molar-refractivity contribution in [2.45, 2.75) is 50.6 Å². The van der Waals surface area contributed by atoms with Crippen LogP contribution in [0.4, 0.5) is 0 Å². The van der Waals surface area contributed by atoms with Crippen LogP contribution < -0.4 is 0 Å². The SMILES string of the molecule is C1CCCC[Si]CCC1. The molecule has 1 heteroatoms. The van der Waals surface area contributed by atoms with Gasteiger partial charge in [0.05, 0.1) is 0 Å². The van der Waals surface area contributed by atoms with E-state index in [1.54, 1.807) is 0 Å². The van der Waals surface area contributed by atoms with Gasteiger partial charge < -0.3 is 0 Å². The topological polar surface area (TPSA) is 0 Å². The van der Waals surface area contributed by atoms with Crippen molar-refractivity contribution in [3.8, 4) is 0 Å². The third-order valence-electron chi connectivity index (χ3n) is 1.96. The van der Waals surface area contributed by atoms with Crippen molar-refractivity contribution in [1.29, 1.82) is 0 Å². The molecule has 2 radical (unpaired) electrons. The summed E-state index contributed by atoms with van der Waals surface area (Å²) >= 11 is 0. The van der Waals surface area contributed by atoms with E-state index in [1.807, 2.05) is 0 Å². The van der Waals surface area contributed by atoms with Gasteiger partial charge in [0, 0.05) is 9.52 Å². The van der Waals surface area contributed by atoms with Crippen molar-refractivity contribution in [3.63, 3.8) is 0 Å². The van der Waals surface area contributed by atoms with E-state index in [9.17, 15) is 0 Å². The van der Waals surface area contributed by atoms with E-state index in [2.05, 4.69) is 0 Å². The Hall–Kier alpha value is 0.217. The average molecular weight is 140 g/mol. The summed E-state index contributed by atoms with van der Waals surface area (Å²) in [4.78, 5) is 0. The molecule has 9 heavy (non-hydrogen) atoms. The van der Waals surface area contributed by atoms with Crippen LogP contribution in [0.3, 0.4) is 0 Å². The van der Waals surface area contributed by atoms with Crippen molar-refractivity contribution in [2.24, 2.45) is 0 Å². The Labute approximate surface area is 60.9 Å². The molecule has 0 atom stereocenters. The van der Waals surface area contributed by atoms with Crippen molar-refractivity contribution in [2.75, 3.05) is 0 Å². The van der Waals surface area contributed by atoms with Gasteiger partial charge >= 0.3 is 0 Å². The molecule has 0 spiro atoms. The molecule has 0 nitrogen and oxygen atoms in total. The summed E-state index contributed by atoms with van der Waals surface area (Å²) in [6.45, 7) is 0. The lowest BCUT2D eigenvalue weighted by Crippen LogP contribution is -1.85. The maximum Gasteiger partial charge on any atom is 0.0378 e. The third kappa shape index (κ3) is 3.74. The van der Waals surface area contributed by atoms with Crippen molar-refractivity contribution >= 4 is 9.52 Å². The molecule has 0 aromatic carbocycles. The highest BCUT2D eigenvalue weighted by Gasteiger charge is 1.96. The van der Waals surface area contributed by atoms with Crippen LogP contribution in [0, 0.1) is 0 Å². The highest BCUT2D eigenvalue weighted by molar-refractivity contribution is 6.35. The normalized spacial score (nSPS) is 24.0. The van der Waals surface area contributed by atoms with Gasteiger partial charge in [0.1, 0.15) is 0 Å². The fraction of sp³-hybridized carbons (Fsp3) is 1.00. The van der Waals surface area contributed by atoms with Crippen LogP contribution in [0.1, 0.15) is 38.5 Å². The molecule has 0 aliphatic carbocycles. The highest BCUT2D eigenvalue weighted by Crippen LogP contribution is 2.12. The molecule has 0 aromatic rings.